The van der Waals surface area contributed by atoms with Gasteiger partial charge in [-0.15, -0.1) is 0 Å². The van der Waals surface area contributed by atoms with E-state index in [4.69, 9.17) is 9.84 Å². The van der Waals surface area contributed by atoms with Crippen LogP contribution in [0.4, 0.5) is 0 Å². The van der Waals surface area contributed by atoms with Crippen LogP contribution in [0.1, 0.15) is 28.8 Å². The highest BCUT2D eigenvalue weighted by Crippen LogP contribution is 2.30. The van der Waals surface area contributed by atoms with Gasteiger partial charge in [-0.3, -0.25) is 4.79 Å². The first-order valence-electron chi connectivity index (χ1n) is 8.79. The Bertz CT molecular complexity index is 690. The van der Waals surface area contributed by atoms with E-state index in [1.165, 1.54) is 12.8 Å². The summed E-state index contributed by atoms with van der Waals surface area (Å²) in [6, 6.07) is 15.5. The summed E-state index contributed by atoms with van der Waals surface area (Å²) in [5.74, 6) is 0.733. The van der Waals surface area contributed by atoms with E-state index >= 15 is 0 Å². The minimum atomic E-state index is 0.0476. The molecule has 2 aromatic carbocycles. The van der Waals surface area contributed by atoms with Crippen molar-refractivity contribution in [1.82, 2.24) is 4.90 Å². The van der Waals surface area contributed by atoms with Gasteiger partial charge in [-0.05, 0) is 47.6 Å². The highest BCUT2D eigenvalue weighted by atomic mass is 16.5. The van der Waals surface area contributed by atoms with Gasteiger partial charge >= 0.3 is 0 Å². The van der Waals surface area contributed by atoms with Gasteiger partial charge in [0.05, 0.1) is 13.2 Å². The molecule has 0 saturated heterocycles. The van der Waals surface area contributed by atoms with Gasteiger partial charge in [-0.1, -0.05) is 36.4 Å². The summed E-state index contributed by atoms with van der Waals surface area (Å²) in [5, 5.41) is 9.13. The van der Waals surface area contributed by atoms with Crippen LogP contribution in [-0.2, 0) is 11.3 Å². The summed E-state index contributed by atoms with van der Waals surface area (Å²) in [6.07, 6.45) is 2.44. The maximum atomic E-state index is 12.8. The predicted molar refractivity (Wildman–Crippen MR) is 98.3 cm³/mol. The molecule has 0 unspecified atom stereocenters. The molecule has 1 aliphatic carbocycles. The molecule has 0 heterocycles. The second-order valence-corrected chi connectivity index (χ2v) is 6.62. The number of hydrogen-bond acceptors (Lipinski definition) is 3. The quantitative estimate of drug-likeness (QED) is 0.802. The van der Waals surface area contributed by atoms with Crippen LogP contribution in [0.5, 0.6) is 0 Å². The summed E-state index contributed by atoms with van der Waals surface area (Å²) in [6.45, 7) is 2.07. The zero-order valence-corrected chi connectivity index (χ0v) is 14.6. The lowest BCUT2D eigenvalue weighted by atomic mass is 10.0. The minimum absolute atomic E-state index is 0.0476. The molecule has 3 rings (SSSR count). The fourth-order valence-corrected chi connectivity index (χ4v) is 2.88. The highest BCUT2D eigenvalue weighted by molar-refractivity contribution is 5.94. The molecule has 25 heavy (non-hydrogen) atoms. The summed E-state index contributed by atoms with van der Waals surface area (Å²) in [5.41, 5.74) is 3.74. The number of carbonyl (C=O) groups is 1. The number of amides is 1. The van der Waals surface area contributed by atoms with Gasteiger partial charge in [0.15, 0.2) is 0 Å². The van der Waals surface area contributed by atoms with E-state index < -0.39 is 0 Å². The number of hydrogen-bond donors (Lipinski definition) is 1. The van der Waals surface area contributed by atoms with Crippen molar-refractivity contribution in [3.63, 3.8) is 0 Å². The highest BCUT2D eigenvalue weighted by Gasteiger charge is 2.27. The fraction of sp³-hybridized carbons (Fsp3) is 0.381. The van der Waals surface area contributed by atoms with Gasteiger partial charge in [-0.25, -0.2) is 0 Å². The first kappa shape index (κ1) is 17.6. The number of ether oxygens (including phenoxy) is 1. The molecule has 1 aliphatic rings. The number of aliphatic hydroxyl groups excluding tert-OH is 1. The van der Waals surface area contributed by atoms with Crippen LogP contribution in [0.25, 0.3) is 11.1 Å². The molecule has 1 amide bonds. The Balaban J connectivity index is 1.71. The normalized spacial score (nSPS) is 13.7. The van der Waals surface area contributed by atoms with Crippen LogP contribution in [0, 0.1) is 5.92 Å². The third kappa shape index (κ3) is 4.68. The molecular weight excluding hydrogens is 314 g/mol. The number of benzene rings is 2. The summed E-state index contributed by atoms with van der Waals surface area (Å²) < 4.78 is 5.14. The Morgan fingerprint density at radius 3 is 2.20 bits per heavy atom. The zero-order valence-electron chi connectivity index (χ0n) is 14.6. The summed E-state index contributed by atoms with van der Waals surface area (Å²) >= 11 is 0. The van der Waals surface area contributed by atoms with Crippen molar-refractivity contribution < 1.29 is 14.6 Å². The molecule has 1 saturated carbocycles. The van der Waals surface area contributed by atoms with E-state index in [1.807, 2.05) is 53.4 Å². The van der Waals surface area contributed by atoms with Gasteiger partial charge in [0.25, 0.3) is 5.91 Å². The monoisotopic (exact) mass is 339 g/mol. The summed E-state index contributed by atoms with van der Waals surface area (Å²) in [4.78, 5) is 14.7. The standard InChI is InChI=1S/C21H25NO3/c1-25-13-12-22(14-16-2-3-16)21(24)20-10-8-19(9-11-20)18-6-4-17(15-23)5-7-18/h4-11,16,23H,2-3,12-15H2,1H3. The molecule has 2 aromatic rings. The number of rotatable bonds is 8. The average Bonchev–Trinajstić information content (AvgIpc) is 3.49. The van der Waals surface area contributed by atoms with E-state index in [1.54, 1.807) is 7.11 Å². The van der Waals surface area contributed by atoms with Crippen LogP contribution < -0.4 is 0 Å². The maximum Gasteiger partial charge on any atom is 0.253 e. The van der Waals surface area contributed by atoms with Crippen molar-refractivity contribution in [1.29, 1.82) is 0 Å². The Labute approximate surface area is 149 Å². The molecule has 0 aromatic heterocycles. The molecule has 132 valence electrons. The largest absolute Gasteiger partial charge is 0.392 e. The average molecular weight is 339 g/mol. The predicted octanol–water partition coefficient (Wildman–Crippen LogP) is 3.34. The second kappa shape index (κ2) is 8.28. The van der Waals surface area contributed by atoms with Gasteiger partial charge < -0.3 is 14.7 Å². The lowest BCUT2D eigenvalue weighted by Crippen LogP contribution is -2.35. The molecule has 1 N–H and O–H groups in total. The van der Waals surface area contributed by atoms with Crippen LogP contribution in [0.15, 0.2) is 48.5 Å². The van der Waals surface area contributed by atoms with Gasteiger partial charge in [0, 0.05) is 25.8 Å². The number of carbonyl (C=O) groups excluding carboxylic acids is 1. The Hall–Kier alpha value is -2.17. The van der Waals surface area contributed by atoms with Crippen molar-refractivity contribution in [2.45, 2.75) is 19.4 Å². The van der Waals surface area contributed by atoms with Gasteiger partial charge in [-0.2, -0.15) is 0 Å². The third-order valence-corrected chi connectivity index (χ3v) is 4.63. The topological polar surface area (TPSA) is 49.8 Å². The van der Waals surface area contributed by atoms with Crippen molar-refractivity contribution >= 4 is 5.91 Å². The van der Waals surface area contributed by atoms with Gasteiger partial charge in [0.2, 0.25) is 0 Å². The lowest BCUT2D eigenvalue weighted by molar-refractivity contribution is 0.0686. The van der Waals surface area contributed by atoms with Crippen molar-refractivity contribution in [2.75, 3.05) is 26.8 Å². The van der Waals surface area contributed by atoms with E-state index in [0.29, 0.717) is 24.6 Å². The van der Waals surface area contributed by atoms with E-state index in [-0.39, 0.29) is 12.5 Å². The number of nitrogens with zero attached hydrogens (tertiary/aromatic N) is 1. The van der Waals surface area contributed by atoms with Crippen LogP contribution in [0.2, 0.25) is 0 Å². The molecular formula is C21H25NO3. The zero-order chi connectivity index (χ0) is 17.6. The molecule has 0 spiro atoms. The molecule has 4 nitrogen and oxygen atoms in total. The molecule has 4 heteroatoms. The first-order chi connectivity index (χ1) is 12.2. The van der Waals surface area contributed by atoms with E-state index in [2.05, 4.69) is 0 Å². The van der Waals surface area contributed by atoms with Gasteiger partial charge in [0.1, 0.15) is 0 Å². The Morgan fingerprint density at radius 1 is 1.08 bits per heavy atom. The van der Waals surface area contributed by atoms with E-state index in [0.717, 1.165) is 23.2 Å². The number of methoxy groups -OCH3 is 1. The van der Waals surface area contributed by atoms with Crippen molar-refractivity contribution in [2.24, 2.45) is 5.92 Å². The summed E-state index contributed by atoms with van der Waals surface area (Å²) in [7, 11) is 1.66. The molecule has 0 radical (unpaired) electrons. The molecule has 0 atom stereocenters. The Kier molecular flexibility index (Phi) is 5.84. The van der Waals surface area contributed by atoms with Crippen LogP contribution in [0.3, 0.4) is 0 Å². The molecule has 0 bridgehead atoms. The van der Waals surface area contributed by atoms with Crippen LogP contribution in [-0.4, -0.2) is 42.7 Å². The second-order valence-electron chi connectivity index (χ2n) is 6.62. The van der Waals surface area contributed by atoms with E-state index in [9.17, 15) is 4.79 Å². The molecule has 1 fully saturated rings. The fourth-order valence-electron chi connectivity index (χ4n) is 2.88. The van der Waals surface area contributed by atoms with Crippen molar-refractivity contribution in [3.8, 4) is 11.1 Å². The third-order valence-electron chi connectivity index (χ3n) is 4.63. The minimum Gasteiger partial charge on any atom is -0.392 e. The van der Waals surface area contributed by atoms with Crippen molar-refractivity contribution in [3.05, 3.63) is 59.7 Å². The van der Waals surface area contributed by atoms with Crippen LogP contribution >= 0.6 is 0 Å². The maximum absolute atomic E-state index is 12.8. The lowest BCUT2D eigenvalue weighted by Gasteiger charge is -2.22. The smallest absolute Gasteiger partial charge is 0.253 e. The number of aliphatic hydroxyl groups is 1. The first-order valence-corrected chi connectivity index (χ1v) is 8.79. The SMILES string of the molecule is COCCN(CC1CC1)C(=O)c1ccc(-c2ccc(CO)cc2)cc1. The molecule has 0 aliphatic heterocycles. The Morgan fingerprint density at radius 2 is 1.68 bits per heavy atom.